The average molecular weight is 295 g/mol. The van der Waals surface area contributed by atoms with Crippen molar-refractivity contribution in [3.05, 3.63) is 34.9 Å². The van der Waals surface area contributed by atoms with Gasteiger partial charge < -0.3 is 10.2 Å². The highest BCUT2D eigenvalue weighted by Crippen LogP contribution is 2.16. The summed E-state index contributed by atoms with van der Waals surface area (Å²) in [6.07, 6.45) is 3.92. The molecule has 1 aromatic rings. The molecule has 20 heavy (non-hydrogen) atoms. The predicted octanol–water partition coefficient (Wildman–Crippen LogP) is 2.73. The molecule has 0 unspecified atom stereocenters. The van der Waals surface area contributed by atoms with Gasteiger partial charge in [0, 0.05) is 17.5 Å². The molecule has 1 aliphatic rings. The van der Waals surface area contributed by atoms with E-state index in [-0.39, 0.29) is 11.8 Å². The van der Waals surface area contributed by atoms with Crippen molar-refractivity contribution in [2.24, 2.45) is 5.92 Å². The van der Waals surface area contributed by atoms with Crippen molar-refractivity contribution in [2.75, 3.05) is 26.7 Å². The van der Waals surface area contributed by atoms with Crippen LogP contribution in [0.1, 0.15) is 24.8 Å². The van der Waals surface area contributed by atoms with Gasteiger partial charge in [0.2, 0.25) is 5.91 Å². The van der Waals surface area contributed by atoms with Gasteiger partial charge in [-0.1, -0.05) is 23.7 Å². The van der Waals surface area contributed by atoms with E-state index in [2.05, 4.69) is 17.3 Å². The summed E-state index contributed by atoms with van der Waals surface area (Å²) in [6.45, 7) is 2.82. The second-order valence-electron chi connectivity index (χ2n) is 5.60. The molecule has 0 radical (unpaired) electrons. The van der Waals surface area contributed by atoms with Crippen molar-refractivity contribution in [2.45, 2.75) is 25.7 Å². The molecule has 110 valence electrons. The van der Waals surface area contributed by atoms with Crippen molar-refractivity contribution < 1.29 is 4.79 Å². The predicted molar refractivity (Wildman–Crippen MR) is 83.0 cm³/mol. The highest BCUT2D eigenvalue weighted by atomic mass is 35.5. The minimum Gasteiger partial charge on any atom is -0.356 e. The summed E-state index contributed by atoms with van der Waals surface area (Å²) in [5.41, 5.74) is 1.27. The zero-order valence-electron chi connectivity index (χ0n) is 12.1. The summed E-state index contributed by atoms with van der Waals surface area (Å²) in [4.78, 5) is 14.3. The number of likely N-dealkylation sites (tertiary alicyclic amines) is 1. The number of hydrogen-bond donors (Lipinski definition) is 1. The molecule has 0 aliphatic carbocycles. The van der Waals surface area contributed by atoms with Gasteiger partial charge in [0.05, 0.1) is 0 Å². The first-order valence-electron chi connectivity index (χ1n) is 7.36. The largest absolute Gasteiger partial charge is 0.356 e. The number of hydrogen-bond acceptors (Lipinski definition) is 2. The molecular formula is C16H23ClN2O. The van der Waals surface area contributed by atoms with E-state index >= 15 is 0 Å². The van der Waals surface area contributed by atoms with Gasteiger partial charge in [-0.3, -0.25) is 4.79 Å². The van der Waals surface area contributed by atoms with Crippen LogP contribution in [0.5, 0.6) is 0 Å². The van der Waals surface area contributed by atoms with Crippen molar-refractivity contribution in [3.63, 3.8) is 0 Å². The fourth-order valence-electron chi connectivity index (χ4n) is 2.57. The van der Waals surface area contributed by atoms with Gasteiger partial charge in [-0.2, -0.15) is 0 Å². The van der Waals surface area contributed by atoms with E-state index in [0.29, 0.717) is 0 Å². The summed E-state index contributed by atoms with van der Waals surface area (Å²) in [6, 6.07) is 7.91. The van der Waals surface area contributed by atoms with Crippen LogP contribution in [0.2, 0.25) is 5.02 Å². The molecule has 0 atom stereocenters. The molecule has 2 rings (SSSR count). The second kappa shape index (κ2) is 7.65. The number of nitrogens with one attached hydrogen (secondary N) is 1. The Morgan fingerprint density at radius 2 is 1.95 bits per heavy atom. The summed E-state index contributed by atoms with van der Waals surface area (Å²) in [5, 5.41) is 3.83. The van der Waals surface area contributed by atoms with Crippen LogP contribution in [0.3, 0.4) is 0 Å². The number of piperidine rings is 1. The number of benzene rings is 1. The summed E-state index contributed by atoms with van der Waals surface area (Å²) >= 11 is 5.85. The zero-order chi connectivity index (χ0) is 14.4. The molecule has 1 saturated heterocycles. The molecule has 1 N–H and O–H groups in total. The molecule has 0 aromatic heterocycles. The van der Waals surface area contributed by atoms with Crippen LogP contribution >= 0.6 is 11.6 Å². The van der Waals surface area contributed by atoms with Crippen LogP contribution in [-0.4, -0.2) is 37.5 Å². The van der Waals surface area contributed by atoms with Gasteiger partial charge in [0.25, 0.3) is 0 Å². The number of halogens is 1. The molecule has 1 fully saturated rings. The van der Waals surface area contributed by atoms with E-state index in [0.717, 1.165) is 50.3 Å². The van der Waals surface area contributed by atoms with E-state index in [1.54, 1.807) is 0 Å². The third-order valence-corrected chi connectivity index (χ3v) is 4.20. The van der Waals surface area contributed by atoms with Crippen LogP contribution in [0.4, 0.5) is 0 Å². The first-order chi connectivity index (χ1) is 9.65. The summed E-state index contributed by atoms with van der Waals surface area (Å²) in [7, 11) is 2.11. The van der Waals surface area contributed by atoms with Crippen molar-refractivity contribution >= 4 is 17.5 Å². The quantitative estimate of drug-likeness (QED) is 0.847. The van der Waals surface area contributed by atoms with Crippen molar-refractivity contribution in [1.29, 1.82) is 0 Å². The highest BCUT2D eigenvalue weighted by molar-refractivity contribution is 6.30. The van der Waals surface area contributed by atoms with Gasteiger partial charge in [-0.05, 0) is 63.5 Å². The topological polar surface area (TPSA) is 32.3 Å². The molecule has 1 amide bonds. The van der Waals surface area contributed by atoms with Gasteiger partial charge in [-0.15, -0.1) is 0 Å². The Labute approximate surface area is 126 Å². The molecule has 1 aliphatic heterocycles. The molecule has 1 aromatic carbocycles. The number of amides is 1. The van der Waals surface area contributed by atoms with Crippen LogP contribution in [0, 0.1) is 5.92 Å². The Morgan fingerprint density at radius 1 is 1.30 bits per heavy atom. The Balaban J connectivity index is 1.63. The van der Waals surface area contributed by atoms with Gasteiger partial charge in [0.1, 0.15) is 0 Å². The van der Waals surface area contributed by atoms with Crippen LogP contribution in [0.15, 0.2) is 24.3 Å². The fourth-order valence-corrected chi connectivity index (χ4v) is 2.70. The SMILES string of the molecule is CN1CCC(C(=O)NCCCc2ccc(Cl)cc2)CC1. The van der Waals surface area contributed by atoms with Gasteiger partial charge in [-0.25, -0.2) is 0 Å². The number of aryl methyl sites for hydroxylation is 1. The Kier molecular flexibility index (Phi) is 5.86. The Hall–Kier alpha value is -1.06. The lowest BCUT2D eigenvalue weighted by Crippen LogP contribution is -2.39. The third-order valence-electron chi connectivity index (χ3n) is 3.94. The maximum atomic E-state index is 12.0. The normalized spacial score (nSPS) is 17.1. The molecule has 0 saturated carbocycles. The molecule has 0 bridgehead atoms. The fraction of sp³-hybridized carbons (Fsp3) is 0.562. The maximum absolute atomic E-state index is 12.0. The van der Waals surface area contributed by atoms with Crippen LogP contribution < -0.4 is 5.32 Å². The molecule has 1 heterocycles. The molecule has 4 heteroatoms. The third kappa shape index (κ3) is 4.80. The maximum Gasteiger partial charge on any atom is 0.223 e. The zero-order valence-corrected chi connectivity index (χ0v) is 12.8. The van der Waals surface area contributed by atoms with E-state index < -0.39 is 0 Å². The minimum absolute atomic E-state index is 0.210. The lowest BCUT2D eigenvalue weighted by Gasteiger charge is -2.28. The number of rotatable bonds is 5. The monoisotopic (exact) mass is 294 g/mol. The summed E-state index contributed by atoms with van der Waals surface area (Å²) in [5.74, 6) is 0.441. The van der Waals surface area contributed by atoms with Gasteiger partial charge >= 0.3 is 0 Å². The average Bonchev–Trinajstić information content (AvgIpc) is 2.46. The van der Waals surface area contributed by atoms with E-state index in [1.165, 1.54) is 5.56 Å². The Morgan fingerprint density at radius 3 is 2.60 bits per heavy atom. The number of carbonyl (C=O) groups excluding carboxylic acids is 1. The van der Waals surface area contributed by atoms with E-state index in [4.69, 9.17) is 11.6 Å². The number of nitrogens with zero attached hydrogens (tertiary/aromatic N) is 1. The van der Waals surface area contributed by atoms with E-state index in [1.807, 2.05) is 24.3 Å². The Bertz CT molecular complexity index is 425. The van der Waals surface area contributed by atoms with Crippen molar-refractivity contribution in [1.82, 2.24) is 10.2 Å². The smallest absolute Gasteiger partial charge is 0.223 e. The number of carbonyl (C=O) groups is 1. The van der Waals surface area contributed by atoms with Crippen LogP contribution in [0.25, 0.3) is 0 Å². The minimum atomic E-state index is 0.210. The standard InChI is InChI=1S/C16H23ClN2O/c1-19-11-8-14(9-12-19)16(20)18-10-2-3-13-4-6-15(17)7-5-13/h4-7,14H,2-3,8-12H2,1H3,(H,18,20). The van der Waals surface area contributed by atoms with Crippen LogP contribution in [-0.2, 0) is 11.2 Å². The second-order valence-corrected chi connectivity index (χ2v) is 6.04. The molecular weight excluding hydrogens is 272 g/mol. The molecule has 0 spiro atoms. The van der Waals surface area contributed by atoms with E-state index in [9.17, 15) is 4.79 Å². The first-order valence-corrected chi connectivity index (χ1v) is 7.73. The summed E-state index contributed by atoms with van der Waals surface area (Å²) < 4.78 is 0. The van der Waals surface area contributed by atoms with Gasteiger partial charge in [0.15, 0.2) is 0 Å². The first kappa shape index (κ1) is 15.3. The van der Waals surface area contributed by atoms with Crippen molar-refractivity contribution in [3.8, 4) is 0 Å². The lowest BCUT2D eigenvalue weighted by molar-refractivity contribution is -0.126. The highest BCUT2D eigenvalue weighted by Gasteiger charge is 2.22. The lowest BCUT2D eigenvalue weighted by atomic mass is 9.96. The molecule has 3 nitrogen and oxygen atoms in total.